The van der Waals surface area contributed by atoms with Crippen molar-refractivity contribution in [3.63, 3.8) is 0 Å². The zero-order valence-corrected chi connectivity index (χ0v) is 14.2. The predicted octanol–water partition coefficient (Wildman–Crippen LogP) is 1.13. The van der Waals surface area contributed by atoms with Crippen LogP contribution in [0, 0.1) is 0 Å². The van der Waals surface area contributed by atoms with E-state index in [1.165, 1.54) is 16.7 Å². The molecule has 1 rings (SSSR count). The largest absolute Gasteiger partial charge is 0.356 e. The minimum atomic E-state index is -0.322. The Morgan fingerprint density at radius 3 is 2.59 bits per heavy atom. The van der Waals surface area contributed by atoms with Crippen molar-refractivity contribution in [1.82, 2.24) is 10.2 Å². The number of nitrogens with zero attached hydrogens (tertiary/aromatic N) is 1. The summed E-state index contributed by atoms with van der Waals surface area (Å²) >= 11 is 1.48. The van der Waals surface area contributed by atoms with Gasteiger partial charge in [-0.2, -0.15) is 0 Å². The second-order valence-electron chi connectivity index (χ2n) is 5.50. The van der Waals surface area contributed by atoms with Gasteiger partial charge >= 0.3 is 0 Å². The lowest BCUT2D eigenvalue weighted by atomic mass is 10.2. The van der Waals surface area contributed by atoms with E-state index in [-0.39, 0.29) is 53.4 Å². The number of nitrogens with one attached hydrogen (secondary N) is 1. The molecule has 0 radical (unpaired) electrons. The van der Waals surface area contributed by atoms with Gasteiger partial charge in [0.05, 0.1) is 5.25 Å². The van der Waals surface area contributed by atoms with E-state index < -0.39 is 0 Å². The molecule has 1 N–H and O–H groups in total. The summed E-state index contributed by atoms with van der Waals surface area (Å²) in [6.45, 7) is 6.16. The van der Waals surface area contributed by atoms with Crippen LogP contribution in [0.4, 0.5) is 0 Å². The summed E-state index contributed by atoms with van der Waals surface area (Å²) in [5, 5.41) is 2.59. The fraction of sp³-hybridized carbons (Fsp3) is 0.733. The average molecular weight is 328 g/mol. The Balaban J connectivity index is 2.34. The highest BCUT2D eigenvalue weighted by atomic mass is 32.2. The van der Waals surface area contributed by atoms with Crippen molar-refractivity contribution in [2.24, 2.45) is 0 Å². The number of imide groups is 1. The molecule has 0 aromatic carbocycles. The van der Waals surface area contributed by atoms with Crippen LogP contribution in [0.1, 0.15) is 46.5 Å². The van der Waals surface area contributed by atoms with Gasteiger partial charge in [-0.05, 0) is 5.25 Å². The lowest BCUT2D eigenvalue weighted by molar-refractivity contribution is -0.138. The Bertz CT molecular complexity index is 451. The van der Waals surface area contributed by atoms with Crippen LogP contribution in [0.5, 0.6) is 0 Å². The maximum atomic E-state index is 12.1. The van der Waals surface area contributed by atoms with Gasteiger partial charge in [-0.15, -0.1) is 11.8 Å². The van der Waals surface area contributed by atoms with Crippen LogP contribution >= 0.6 is 11.8 Å². The monoisotopic (exact) mass is 328 g/mol. The number of carbonyl (C=O) groups is 4. The SMILES string of the molecule is CCC(=O)CCNC(=O)CCN1C(=O)CC(SC(C)C)C1=O. The fourth-order valence-corrected chi connectivity index (χ4v) is 3.28. The fourth-order valence-electron chi connectivity index (χ4n) is 2.14. The van der Waals surface area contributed by atoms with Gasteiger partial charge in [0.25, 0.3) is 0 Å². The molecule has 1 aliphatic rings. The third-order valence-corrected chi connectivity index (χ3v) is 4.56. The molecule has 3 amide bonds. The number of hydrogen-bond donors (Lipinski definition) is 1. The molecule has 6 nitrogen and oxygen atoms in total. The van der Waals surface area contributed by atoms with E-state index in [0.29, 0.717) is 19.4 Å². The predicted molar refractivity (Wildman–Crippen MR) is 85.4 cm³/mol. The zero-order valence-electron chi connectivity index (χ0n) is 13.4. The first-order valence-corrected chi connectivity index (χ1v) is 8.57. The molecule has 1 atom stereocenters. The third kappa shape index (κ3) is 5.79. The summed E-state index contributed by atoms with van der Waals surface area (Å²) in [6.07, 6.45) is 1.07. The van der Waals surface area contributed by atoms with E-state index in [1.807, 2.05) is 13.8 Å². The lowest BCUT2D eigenvalue weighted by Crippen LogP contribution is -2.36. The summed E-state index contributed by atoms with van der Waals surface area (Å²) in [5.41, 5.74) is 0. The van der Waals surface area contributed by atoms with Crippen molar-refractivity contribution >= 4 is 35.3 Å². The maximum Gasteiger partial charge on any atom is 0.242 e. The van der Waals surface area contributed by atoms with E-state index >= 15 is 0 Å². The first kappa shape index (κ1) is 18.7. The van der Waals surface area contributed by atoms with E-state index in [9.17, 15) is 19.2 Å². The third-order valence-electron chi connectivity index (χ3n) is 3.32. The van der Waals surface area contributed by atoms with Gasteiger partial charge in [-0.1, -0.05) is 20.8 Å². The molecule has 1 heterocycles. The zero-order chi connectivity index (χ0) is 16.7. The van der Waals surface area contributed by atoms with Gasteiger partial charge in [0.1, 0.15) is 5.78 Å². The van der Waals surface area contributed by atoms with Crippen LogP contribution in [0.25, 0.3) is 0 Å². The van der Waals surface area contributed by atoms with Crippen molar-refractivity contribution in [3.05, 3.63) is 0 Å². The molecular weight excluding hydrogens is 304 g/mol. The molecule has 1 aliphatic heterocycles. The van der Waals surface area contributed by atoms with Crippen LogP contribution in [0.15, 0.2) is 0 Å². The lowest BCUT2D eigenvalue weighted by Gasteiger charge is -2.15. The van der Waals surface area contributed by atoms with Crippen LogP contribution in [0.3, 0.4) is 0 Å². The van der Waals surface area contributed by atoms with Gasteiger partial charge < -0.3 is 5.32 Å². The second-order valence-corrected chi connectivity index (χ2v) is 7.29. The molecule has 1 fully saturated rings. The summed E-state index contributed by atoms with van der Waals surface area (Å²) < 4.78 is 0. The average Bonchev–Trinajstić information content (AvgIpc) is 2.70. The van der Waals surface area contributed by atoms with Gasteiger partial charge in [0.15, 0.2) is 0 Å². The normalized spacial score (nSPS) is 18.2. The molecule has 0 bridgehead atoms. The standard InChI is InChI=1S/C15H24N2O4S/c1-4-11(18)5-7-16-13(19)6-8-17-14(20)9-12(15(17)21)22-10(2)3/h10,12H,4-9H2,1-3H3,(H,16,19). The Morgan fingerprint density at radius 1 is 1.32 bits per heavy atom. The first-order chi connectivity index (χ1) is 10.3. The Kier molecular flexibility index (Phi) is 7.58. The smallest absolute Gasteiger partial charge is 0.242 e. The molecular formula is C15H24N2O4S. The molecule has 0 aromatic heterocycles. The summed E-state index contributed by atoms with van der Waals surface area (Å²) in [5.74, 6) is -0.557. The Labute approximate surface area is 135 Å². The van der Waals surface area contributed by atoms with Crippen LogP contribution in [-0.4, -0.2) is 52.0 Å². The summed E-state index contributed by atoms with van der Waals surface area (Å²) in [6, 6.07) is 0. The number of rotatable bonds is 9. The molecule has 124 valence electrons. The molecule has 7 heteroatoms. The highest BCUT2D eigenvalue weighted by molar-refractivity contribution is 8.01. The number of hydrogen-bond acceptors (Lipinski definition) is 5. The summed E-state index contributed by atoms with van der Waals surface area (Å²) in [7, 11) is 0. The molecule has 22 heavy (non-hydrogen) atoms. The highest BCUT2D eigenvalue weighted by Crippen LogP contribution is 2.28. The van der Waals surface area contributed by atoms with Gasteiger partial charge in [-0.3, -0.25) is 24.1 Å². The minimum Gasteiger partial charge on any atom is -0.356 e. The number of ketones is 1. The first-order valence-electron chi connectivity index (χ1n) is 7.63. The van der Waals surface area contributed by atoms with Crippen molar-refractivity contribution in [1.29, 1.82) is 0 Å². The molecule has 0 saturated carbocycles. The molecule has 1 unspecified atom stereocenters. The number of likely N-dealkylation sites (tertiary alicyclic amines) is 1. The topological polar surface area (TPSA) is 83.6 Å². The maximum absolute atomic E-state index is 12.1. The molecule has 0 spiro atoms. The number of carbonyl (C=O) groups excluding carboxylic acids is 4. The number of amides is 3. The van der Waals surface area contributed by atoms with Crippen molar-refractivity contribution in [3.8, 4) is 0 Å². The minimum absolute atomic E-state index is 0.0802. The Morgan fingerprint density at radius 2 is 2.00 bits per heavy atom. The second kappa shape index (κ2) is 8.92. The van der Waals surface area contributed by atoms with Gasteiger partial charge in [-0.25, -0.2) is 0 Å². The Hall–Kier alpha value is -1.37. The molecule has 1 saturated heterocycles. The van der Waals surface area contributed by atoms with E-state index in [2.05, 4.69) is 5.32 Å². The summed E-state index contributed by atoms with van der Waals surface area (Å²) in [4.78, 5) is 47.9. The highest BCUT2D eigenvalue weighted by Gasteiger charge is 2.39. The van der Waals surface area contributed by atoms with E-state index in [0.717, 1.165) is 0 Å². The van der Waals surface area contributed by atoms with Crippen molar-refractivity contribution in [2.75, 3.05) is 13.1 Å². The molecule has 0 aromatic rings. The van der Waals surface area contributed by atoms with Gasteiger partial charge in [0.2, 0.25) is 17.7 Å². The number of Topliss-reactive ketones (excluding diaryl/α,β-unsaturated/α-hetero) is 1. The quantitative estimate of drug-likeness (QED) is 0.642. The van der Waals surface area contributed by atoms with Gasteiger partial charge in [0, 0.05) is 38.8 Å². The van der Waals surface area contributed by atoms with Crippen LogP contribution < -0.4 is 5.32 Å². The van der Waals surface area contributed by atoms with Crippen LogP contribution in [-0.2, 0) is 19.2 Å². The van der Waals surface area contributed by atoms with Crippen LogP contribution in [0.2, 0.25) is 0 Å². The number of thioether (sulfide) groups is 1. The van der Waals surface area contributed by atoms with E-state index in [1.54, 1.807) is 6.92 Å². The van der Waals surface area contributed by atoms with E-state index in [4.69, 9.17) is 0 Å². The van der Waals surface area contributed by atoms with Crippen molar-refractivity contribution in [2.45, 2.75) is 57.0 Å². The van der Waals surface area contributed by atoms with Crippen molar-refractivity contribution < 1.29 is 19.2 Å². The molecule has 0 aliphatic carbocycles.